The van der Waals surface area contributed by atoms with Gasteiger partial charge >= 0.3 is 0 Å². The van der Waals surface area contributed by atoms with E-state index in [1.54, 1.807) is 0 Å². The number of aromatic nitrogens is 1. The summed E-state index contributed by atoms with van der Waals surface area (Å²) < 4.78 is 5.90. The molecule has 0 atom stereocenters. The fourth-order valence-electron chi connectivity index (χ4n) is 2.41. The molecule has 0 radical (unpaired) electrons. The zero-order valence-electron chi connectivity index (χ0n) is 11.6. The molecule has 0 spiro atoms. The summed E-state index contributed by atoms with van der Waals surface area (Å²) in [5, 5.41) is 9.64. The summed E-state index contributed by atoms with van der Waals surface area (Å²) >= 11 is 6.13. The molecular weight excluding hydrogens is 286 g/mol. The zero-order chi connectivity index (χ0) is 14.7. The molecular formula is C17H16ClNO2. The molecule has 1 heterocycles. The summed E-state index contributed by atoms with van der Waals surface area (Å²) in [6, 6.07) is 13.8. The molecule has 0 saturated heterocycles. The van der Waals surface area contributed by atoms with Gasteiger partial charge < -0.3 is 9.52 Å². The Morgan fingerprint density at radius 1 is 1.14 bits per heavy atom. The van der Waals surface area contributed by atoms with Crippen LogP contribution in [0.2, 0.25) is 5.02 Å². The van der Waals surface area contributed by atoms with E-state index >= 15 is 0 Å². The van der Waals surface area contributed by atoms with E-state index in [-0.39, 0.29) is 6.61 Å². The van der Waals surface area contributed by atoms with E-state index in [1.807, 2.05) is 30.3 Å². The smallest absolute Gasteiger partial charge is 0.199 e. The zero-order valence-corrected chi connectivity index (χ0v) is 12.3. The highest BCUT2D eigenvalue weighted by Gasteiger charge is 2.12. The standard InChI is InChI=1S/C17H16ClNO2/c18-14-10-13(7-4-8-20)17-15(11-14)19-16(21-17)9-12-5-2-1-3-6-12/h1-3,5-6,10-11,20H,4,7-9H2. The fraction of sp³-hybridized carbons (Fsp3) is 0.235. The van der Waals surface area contributed by atoms with Gasteiger partial charge in [0.2, 0.25) is 0 Å². The Labute approximate surface area is 128 Å². The summed E-state index contributed by atoms with van der Waals surface area (Å²) in [5.74, 6) is 0.684. The molecule has 21 heavy (non-hydrogen) atoms. The summed E-state index contributed by atoms with van der Waals surface area (Å²) in [5.41, 5.74) is 3.71. The van der Waals surface area contributed by atoms with Crippen molar-refractivity contribution in [2.45, 2.75) is 19.3 Å². The summed E-state index contributed by atoms with van der Waals surface area (Å²) in [7, 11) is 0. The molecule has 2 aromatic carbocycles. The van der Waals surface area contributed by atoms with Crippen LogP contribution in [0.3, 0.4) is 0 Å². The van der Waals surface area contributed by atoms with Crippen LogP contribution >= 0.6 is 11.6 Å². The number of aliphatic hydroxyl groups excluding tert-OH is 1. The van der Waals surface area contributed by atoms with Crippen molar-refractivity contribution in [1.82, 2.24) is 4.98 Å². The van der Waals surface area contributed by atoms with Crippen LogP contribution in [0.15, 0.2) is 46.9 Å². The van der Waals surface area contributed by atoms with Crippen LogP contribution in [0.5, 0.6) is 0 Å². The molecule has 3 nitrogen and oxygen atoms in total. The molecule has 1 aromatic heterocycles. The molecule has 0 aliphatic heterocycles. The van der Waals surface area contributed by atoms with E-state index in [1.165, 1.54) is 0 Å². The Morgan fingerprint density at radius 3 is 2.71 bits per heavy atom. The number of benzene rings is 2. The average Bonchev–Trinajstić information content (AvgIpc) is 2.88. The molecule has 0 aliphatic carbocycles. The van der Waals surface area contributed by atoms with E-state index in [0.717, 1.165) is 28.6 Å². The van der Waals surface area contributed by atoms with Crippen molar-refractivity contribution in [3.63, 3.8) is 0 Å². The van der Waals surface area contributed by atoms with Gasteiger partial charge in [-0.3, -0.25) is 0 Å². The van der Waals surface area contributed by atoms with Gasteiger partial charge in [-0.25, -0.2) is 4.98 Å². The maximum atomic E-state index is 8.99. The van der Waals surface area contributed by atoms with Crippen LogP contribution in [0, 0.1) is 0 Å². The number of aryl methyl sites for hydroxylation is 1. The quantitative estimate of drug-likeness (QED) is 0.775. The van der Waals surface area contributed by atoms with E-state index in [2.05, 4.69) is 17.1 Å². The van der Waals surface area contributed by atoms with Gasteiger partial charge in [-0.05, 0) is 36.1 Å². The molecule has 0 unspecified atom stereocenters. The molecule has 0 saturated carbocycles. The number of halogens is 1. The molecule has 0 bridgehead atoms. The van der Waals surface area contributed by atoms with Gasteiger partial charge in [0.05, 0.1) is 0 Å². The number of nitrogens with zero attached hydrogens (tertiary/aromatic N) is 1. The monoisotopic (exact) mass is 301 g/mol. The minimum Gasteiger partial charge on any atom is -0.440 e. The number of aliphatic hydroxyl groups is 1. The summed E-state index contributed by atoms with van der Waals surface area (Å²) in [4.78, 5) is 4.52. The predicted octanol–water partition coefficient (Wildman–Crippen LogP) is 4.00. The van der Waals surface area contributed by atoms with Gasteiger partial charge in [-0.1, -0.05) is 41.9 Å². The Morgan fingerprint density at radius 2 is 1.95 bits per heavy atom. The van der Waals surface area contributed by atoms with Crippen LogP contribution in [-0.2, 0) is 12.8 Å². The first-order valence-electron chi connectivity index (χ1n) is 6.99. The van der Waals surface area contributed by atoms with E-state index in [0.29, 0.717) is 23.8 Å². The lowest BCUT2D eigenvalue weighted by atomic mass is 10.1. The highest BCUT2D eigenvalue weighted by molar-refractivity contribution is 6.31. The lowest BCUT2D eigenvalue weighted by molar-refractivity contribution is 0.288. The Bertz CT molecular complexity index is 737. The Hall–Kier alpha value is -1.84. The van der Waals surface area contributed by atoms with Gasteiger partial charge in [0.25, 0.3) is 0 Å². The molecule has 4 heteroatoms. The highest BCUT2D eigenvalue weighted by Crippen LogP contribution is 2.26. The first kappa shape index (κ1) is 14.1. The van der Waals surface area contributed by atoms with Crippen molar-refractivity contribution < 1.29 is 9.52 Å². The maximum Gasteiger partial charge on any atom is 0.199 e. The molecule has 3 aromatic rings. The largest absolute Gasteiger partial charge is 0.440 e. The Balaban J connectivity index is 1.95. The predicted molar refractivity (Wildman–Crippen MR) is 83.7 cm³/mol. The van der Waals surface area contributed by atoms with Crippen molar-refractivity contribution in [3.8, 4) is 0 Å². The molecule has 1 N–H and O–H groups in total. The van der Waals surface area contributed by atoms with Crippen molar-refractivity contribution in [2.24, 2.45) is 0 Å². The second-order valence-corrected chi connectivity index (χ2v) is 5.45. The number of fused-ring (bicyclic) bond motifs is 1. The number of rotatable bonds is 5. The minimum atomic E-state index is 0.152. The van der Waals surface area contributed by atoms with Crippen LogP contribution in [-0.4, -0.2) is 16.7 Å². The Kier molecular flexibility index (Phi) is 4.23. The van der Waals surface area contributed by atoms with Crippen molar-refractivity contribution >= 4 is 22.7 Å². The van der Waals surface area contributed by atoms with Gasteiger partial charge in [0.1, 0.15) is 5.52 Å². The second kappa shape index (κ2) is 6.29. The lowest BCUT2D eigenvalue weighted by Crippen LogP contribution is -1.90. The van der Waals surface area contributed by atoms with Crippen molar-refractivity contribution in [3.05, 3.63) is 64.5 Å². The van der Waals surface area contributed by atoms with E-state index in [9.17, 15) is 0 Å². The van der Waals surface area contributed by atoms with E-state index < -0.39 is 0 Å². The van der Waals surface area contributed by atoms with Crippen molar-refractivity contribution in [1.29, 1.82) is 0 Å². The van der Waals surface area contributed by atoms with Crippen LogP contribution < -0.4 is 0 Å². The van der Waals surface area contributed by atoms with Gasteiger partial charge in [-0.15, -0.1) is 0 Å². The SMILES string of the molecule is OCCCc1cc(Cl)cc2nc(Cc3ccccc3)oc12. The first-order chi connectivity index (χ1) is 10.3. The molecule has 0 amide bonds. The maximum absolute atomic E-state index is 8.99. The molecule has 3 rings (SSSR count). The minimum absolute atomic E-state index is 0.152. The molecule has 0 aliphatic rings. The molecule has 0 fully saturated rings. The highest BCUT2D eigenvalue weighted by atomic mass is 35.5. The third kappa shape index (κ3) is 3.26. The van der Waals surface area contributed by atoms with Crippen LogP contribution in [0.1, 0.15) is 23.4 Å². The van der Waals surface area contributed by atoms with Crippen molar-refractivity contribution in [2.75, 3.05) is 6.61 Å². The molecule has 108 valence electrons. The van der Waals surface area contributed by atoms with Gasteiger partial charge in [-0.2, -0.15) is 0 Å². The average molecular weight is 302 g/mol. The van der Waals surface area contributed by atoms with Gasteiger partial charge in [0.15, 0.2) is 11.5 Å². The summed E-state index contributed by atoms with van der Waals surface area (Å²) in [6.07, 6.45) is 2.07. The number of hydrogen-bond donors (Lipinski definition) is 1. The normalized spacial score (nSPS) is 11.1. The van der Waals surface area contributed by atoms with Gasteiger partial charge in [0, 0.05) is 18.1 Å². The third-order valence-corrected chi connectivity index (χ3v) is 3.60. The van der Waals surface area contributed by atoms with E-state index in [4.69, 9.17) is 21.1 Å². The number of hydrogen-bond acceptors (Lipinski definition) is 3. The fourth-order valence-corrected chi connectivity index (χ4v) is 2.65. The van der Waals surface area contributed by atoms with Crippen LogP contribution in [0.4, 0.5) is 0 Å². The summed E-state index contributed by atoms with van der Waals surface area (Å²) in [6.45, 7) is 0.152. The number of oxazole rings is 1. The van der Waals surface area contributed by atoms with Crippen LogP contribution in [0.25, 0.3) is 11.1 Å². The lowest BCUT2D eigenvalue weighted by Gasteiger charge is -2.01. The first-order valence-corrected chi connectivity index (χ1v) is 7.36. The topological polar surface area (TPSA) is 46.3 Å². The third-order valence-electron chi connectivity index (χ3n) is 3.38. The second-order valence-electron chi connectivity index (χ2n) is 5.01.